The zero-order chi connectivity index (χ0) is 38.5. The average Bonchev–Trinajstić information content (AvgIpc) is 3.53. The summed E-state index contributed by atoms with van der Waals surface area (Å²) in [6, 6.07) is 0. The largest absolute Gasteiger partial charge is 0.393 e. The minimum absolute atomic E-state index is 0.0743. The quantitative estimate of drug-likeness (QED) is 0.0361. The highest BCUT2D eigenvalue weighted by molar-refractivity contribution is 5.97. The summed E-state index contributed by atoms with van der Waals surface area (Å²) in [5.41, 5.74) is 0. The maximum Gasteiger partial charge on any atom is 0.317 e. The Balaban J connectivity index is 1.71. The van der Waals surface area contributed by atoms with E-state index in [9.17, 15) is 19.2 Å². The fraction of sp³-hybridized carbons (Fsp3) is 0.915. The van der Waals surface area contributed by atoms with Crippen molar-refractivity contribution in [1.82, 2.24) is 0 Å². The molecule has 6 nitrogen and oxygen atoms in total. The predicted molar refractivity (Wildman–Crippen MR) is 218 cm³/mol. The van der Waals surface area contributed by atoms with Crippen LogP contribution in [0.5, 0.6) is 0 Å². The first-order valence-corrected chi connectivity index (χ1v) is 23.3. The molecule has 0 bridgehead atoms. The first kappa shape index (κ1) is 47.4. The van der Waals surface area contributed by atoms with E-state index in [0.29, 0.717) is 25.2 Å². The van der Waals surface area contributed by atoms with Crippen LogP contribution in [0, 0.1) is 35.5 Å². The van der Waals surface area contributed by atoms with Crippen LogP contribution in [0.2, 0.25) is 0 Å². The number of unbranched alkanes of at least 4 members (excludes halogenated alkanes) is 26. The lowest BCUT2D eigenvalue weighted by Gasteiger charge is -2.25. The summed E-state index contributed by atoms with van der Waals surface area (Å²) < 4.78 is 10.2. The number of rotatable bonds is 36. The Kier molecular flexibility index (Phi) is 27.3. The Labute approximate surface area is 326 Å². The third-order valence-electron chi connectivity index (χ3n) is 12.6. The Hall–Kier alpha value is -1.72. The monoisotopic (exact) mass is 745 g/mol. The van der Waals surface area contributed by atoms with Gasteiger partial charge in [-0.2, -0.15) is 0 Å². The molecular formula is C47H84O6. The molecule has 0 amide bonds. The van der Waals surface area contributed by atoms with Gasteiger partial charge in [0, 0.05) is 0 Å². The van der Waals surface area contributed by atoms with E-state index in [4.69, 9.17) is 9.47 Å². The lowest BCUT2D eigenvalue weighted by molar-refractivity contribution is -0.155. The summed E-state index contributed by atoms with van der Waals surface area (Å²) in [6.45, 7) is 8.53. The second-order valence-corrected chi connectivity index (χ2v) is 17.5. The number of carbonyl (C=O) groups excluding carboxylic acids is 4. The van der Waals surface area contributed by atoms with E-state index in [-0.39, 0.29) is 11.9 Å². The Morgan fingerprint density at radius 1 is 0.396 bits per heavy atom. The molecule has 2 fully saturated rings. The van der Waals surface area contributed by atoms with E-state index in [2.05, 4.69) is 20.8 Å². The summed E-state index contributed by atoms with van der Waals surface area (Å²) in [5.74, 6) is -3.00. The molecule has 0 aromatic heterocycles. The second kappa shape index (κ2) is 30.5. The average molecular weight is 745 g/mol. The van der Waals surface area contributed by atoms with E-state index in [1.54, 1.807) is 6.92 Å². The Bertz CT molecular complexity index is 976. The molecule has 0 N–H and O–H groups in total. The first-order chi connectivity index (χ1) is 25.8. The summed E-state index contributed by atoms with van der Waals surface area (Å²) in [7, 11) is 0. The fourth-order valence-electron chi connectivity index (χ4n) is 8.95. The lowest BCUT2D eigenvalue weighted by atomic mass is 9.76. The molecule has 0 spiro atoms. The van der Waals surface area contributed by atoms with Gasteiger partial charge in [0.2, 0.25) is 0 Å². The van der Waals surface area contributed by atoms with Gasteiger partial charge >= 0.3 is 23.9 Å². The van der Waals surface area contributed by atoms with Gasteiger partial charge in [-0.15, -0.1) is 0 Å². The number of hydrogen-bond donors (Lipinski definition) is 0. The van der Waals surface area contributed by atoms with Crippen LogP contribution < -0.4 is 0 Å². The van der Waals surface area contributed by atoms with Crippen molar-refractivity contribution >= 4 is 23.9 Å². The first-order valence-electron chi connectivity index (χ1n) is 23.3. The predicted octanol–water partition coefficient (Wildman–Crippen LogP) is 13.8. The summed E-state index contributed by atoms with van der Waals surface area (Å²) in [6.07, 6.45) is 40.7. The minimum Gasteiger partial charge on any atom is -0.393 e. The van der Waals surface area contributed by atoms with Crippen LogP contribution in [0.15, 0.2) is 0 Å². The molecule has 0 aliphatic carbocycles. The Morgan fingerprint density at radius 3 is 1.08 bits per heavy atom. The summed E-state index contributed by atoms with van der Waals surface area (Å²) in [5, 5.41) is 0. The van der Waals surface area contributed by atoms with Crippen molar-refractivity contribution in [2.75, 3.05) is 0 Å². The van der Waals surface area contributed by atoms with Crippen LogP contribution in [0.3, 0.4) is 0 Å². The molecule has 2 rings (SSSR count). The van der Waals surface area contributed by atoms with Gasteiger partial charge < -0.3 is 9.47 Å². The molecule has 6 unspecified atom stereocenters. The van der Waals surface area contributed by atoms with Crippen LogP contribution in [0.1, 0.15) is 240 Å². The molecule has 2 saturated heterocycles. The molecule has 308 valence electrons. The fourth-order valence-corrected chi connectivity index (χ4v) is 8.95. The maximum atomic E-state index is 13.0. The van der Waals surface area contributed by atoms with E-state index in [0.717, 1.165) is 32.1 Å². The van der Waals surface area contributed by atoms with Crippen molar-refractivity contribution in [2.24, 2.45) is 35.5 Å². The van der Waals surface area contributed by atoms with Gasteiger partial charge in [0.15, 0.2) is 0 Å². The molecule has 6 atom stereocenters. The van der Waals surface area contributed by atoms with Crippen molar-refractivity contribution < 1.29 is 28.7 Å². The van der Waals surface area contributed by atoms with Crippen LogP contribution >= 0.6 is 0 Å². The maximum absolute atomic E-state index is 13.0. The zero-order valence-electron chi connectivity index (χ0n) is 35.2. The van der Waals surface area contributed by atoms with Gasteiger partial charge in [-0.3, -0.25) is 19.2 Å². The van der Waals surface area contributed by atoms with Gasteiger partial charge in [-0.05, 0) is 31.1 Å². The highest BCUT2D eigenvalue weighted by Crippen LogP contribution is 2.40. The van der Waals surface area contributed by atoms with Gasteiger partial charge in [0.05, 0.1) is 23.7 Å². The van der Waals surface area contributed by atoms with Gasteiger partial charge in [0.1, 0.15) is 0 Å². The highest BCUT2D eigenvalue weighted by Gasteiger charge is 2.47. The van der Waals surface area contributed by atoms with Crippen molar-refractivity contribution in [3.8, 4) is 0 Å². The molecule has 2 aliphatic heterocycles. The summed E-state index contributed by atoms with van der Waals surface area (Å²) in [4.78, 5) is 50.7. The molecular weight excluding hydrogens is 661 g/mol. The number of carbonyl (C=O) groups is 4. The smallest absolute Gasteiger partial charge is 0.317 e. The third-order valence-corrected chi connectivity index (χ3v) is 12.6. The summed E-state index contributed by atoms with van der Waals surface area (Å²) >= 11 is 0. The SMILES string of the molecule is CCCCCCCCCCCCCCCCC(C)CC1C(=O)OC(=O)C1CC(CCCCCCCCCCCCCCCC)CC1C(=O)OC(=O)C1C. The molecule has 0 aromatic rings. The van der Waals surface area contributed by atoms with E-state index >= 15 is 0 Å². The van der Waals surface area contributed by atoms with Crippen molar-refractivity contribution in [3.05, 3.63) is 0 Å². The number of esters is 4. The molecule has 2 aliphatic rings. The van der Waals surface area contributed by atoms with Crippen LogP contribution in [-0.4, -0.2) is 23.9 Å². The van der Waals surface area contributed by atoms with Crippen molar-refractivity contribution in [2.45, 2.75) is 240 Å². The number of hydrogen-bond acceptors (Lipinski definition) is 6. The lowest BCUT2D eigenvalue weighted by Crippen LogP contribution is -2.26. The van der Waals surface area contributed by atoms with Gasteiger partial charge in [0.25, 0.3) is 0 Å². The van der Waals surface area contributed by atoms with Crippen molar-refractivity contribution in [3.63, 3.8) is 0 Å². The normalized spacial score (nSPS) is 21.4. The third kappa shape index (κ3) is 21.2. The van der Waals surface area contributed by atoms with E-state index in [1.165, 1.54) is 161 Å². The topological polar surface area (TPSA) is 86.7 Å². The Morgan fingerprint density at radius 2 is 0.698 bits per heavy atom. The highest BCUT2D eigenvalue weighted by atomic mass is 16.6. The molecule has 0 aromatic carbocycles. The van der Waals surface area contributed by atoms with Crippen molar-refractivity contribution in [1.29, 1.82) is 0 Å². The van der Waals surface area contributed by atoms with Crippen LogP contribution in [0.4, 0.5) is 0 Å². The second-order valence-electron chi connectivity index (χ2n) is 17.5. The van der Waals surface area contributed by atoms with Gasteiger partial charge in [-0.1, -0.05) is 220 Å². The number of ether oxygens (including phenoxy) is 2. The van der Waals surface area contributed by atoms with Gasteiger partial charge in [-0.25, -0.2) is 0 Å². The van der Waals surface area contributed by atoms with Crippen LogP contribution in [0.25, 0.3) is 0 Å². The molecule has 0 radical (unpaired) electrons. The molecule has 6 heteroatoms. The van der Waals surface area contributed by atoms with E-state index < -0.39 is 41.6 Å². The molecule has 0 saturated carbocycles. The number of cyclic esters (lactones) is 4. The van der Waals surface area contributed by atoms with E-state index in [1.807, 2.05) is 0 Å². The molecule has 2 heterocycles. The van der Waals surface area contributed by atoms with Crippen LogP contribution in [-0.2, 0) is 28.7 Å². The standard InChI is InChI=1S/C47H84O6/c1-5-7-9-11-13-15-17-19-21-23-25-27-29-31-33-38(3)35-42-43(47(51)53-46(42)50)37-40(36-41-39(4)44(48)52-45(41)49)34-32-30-28-26-24-22-20-18-16-14-12-10-8-6-2/h38-43H,5-37H2,1-4H3. The zero-order valence-corrected chi connectivity index (χ0v) is 35.2. The minimum atomic E-state index is -0.468. The molecule has 53 heavy (non-hydrogen) atoms.